The van der Waals surface area contributed by atoms with Gasteiger partial charge < -0.3 is 5.32 Å². The Bertz CT molecular complexity index is 520. The van der Waals surface area contributed by atoms with Crippen molar-refractivity contribution in [3.05, 3.63) is 35.2 Å². The fourth-order valence-corrected chi connectivity index (χ4v) is 2.90. The minimum absolute atomic E-state index is 0.312. The van der Waals surface area contributed by atoms with Crippen LogP contribution in [0.1, 0.15) is 24.6 Å². The number of hydrogen-bond acceptors (Lipinski definition) is 4. The highest BCUT2D eigenvalue weighted by molar-refractivity contribution is 7.13. The Balaban J connectivity index is 1.92. The van der Waals surface area contributed by atoms with Gasteiger partial charge in [-0.25, -0.2) is 9.37 Å². The summed E-state index contributed by atoms with van der Waals surface area (Å²) in [7, 11) is 0. The average molecular weight is 249 g/mol. The highest BCUT2D eigenvalue weighted by Gasteiger charge is 2.20. The summed E-state index contributed by atoms with van der Waals surface area (Å²) in [6.45, 7) is 1.04. The van der Waals surface area contributed by atoms with Crippen LogP contribution in [0.2, 0.25) is 0 Å². The van der Waals surface area contributed by atoms with Gasteiger partial charge in [0.1, 0.15) is 10.7 Å². The third-order valence-electron chi connectivity index (χ3n) is 2.90. The maximum atomic E-state index is 13.6. The van der Waals surface area contributed by atoms with Crippen LogP contribution in [-0.4, -0.2) is 16.5 Å². The molecule has 0 spiro atoms. The Labute approximate surface area is 103 Å². The van der Waals surface area contributed by atoms with E-state index in [1.54, 1.807) is 12.3 Å². The first-order valence-electron chi connectivity index (χ1n) is 5.64. The molecule has 0 amide bonds. The molecule has 0 radical (unpaired) electrons. The predicted molar refractivity (Wildman–Crippen MR) is 65.3 cm³/mol. The summed E-state index contributed by atoms with van der Waals surface area (Å²) in [4.78, 5) is 8.52. The summed E-state index contributed by atoms with van der Waals surface area (Å²) < 4.78 is 13.6. The molecule has 1 aliphatic heterocycles. The molecule has 3 rings (SSSR count). The lowest BCUT2D eigenvalue weighted by Crippen LogP contribution is -2.12. The maximum Gasteiger partial charge on any atom is 0.151 e. The zero-order valence-corrected chi connectivity index (χ0v) is 10.0. The lowest BCUT2D eigenvalue weighted by Gasteiger charge is -2.04. The largest absolute Gasteiger partial charge is 0.309 e. The smallest absolute Gasteiger partial charge is 0.151 e. The van der Waals surface area contributed by atoms with E-state index in [2.05, 4.69) is 15.3 Å². The van der Waals surface area contributed by atoms with Crippen molar-refractivity contribution in [3.8, 4) is 10.7 Å². The van der Waals surface area contributed by atoms with E-state index in [4.69, 9.17) is 0 Å². The number of aromatic nitrogens is 2. The van der Waals surface area contributed by atoms with Crippen LogP contribution in [0.5, 0.6) is 0 Å². The van der Waals surface area contributed by atoms with Gasteiger partial charge in [-0.15, -0.1) is 11.3 Å². The van der Waals surface area contributed by atoms with E-state index < -0.39 is 0 Å². The van der Waals surface area contributed by atoms with Gasteiger partial charge in [-0.2, -0.15) is 0 Å². The molecule has 17 heavy (non-hydrogen) atoms. The van der Waals surface area contributed by atoms with Crippen LogP contribution in [-0.2, 0) is 0 Å². The summed E-state index contributed by atoms with van der Waals surface area (Å²) in [5, 5.41) is 6.03. The Kier molecular flexibility index (Phi) is 2.86. The number of nitrogens with zero attached hydrogens (tertiary/aromatic N) is 2. The van der Waals surface area contributed by atoms with Gasteiger partial charge in [-0.3, -0.25) is 4.98 Å². The molecule has 5 heteroatoms. The van der Waals surface area contributed by atoms with E-state index in [1.165, 1.54) is 23.8 Å². The van der Waals surface area contributed by atoms with Crippen molar-refractivity contribution in [1.82, 2.24) is 15.3 Å². The van der Waals surface area contributed by atoms with Gasteiger partial charge in [0.05, 0.1) is 11.7 Å². The van der Waals surface area contributed by atoms with Gasteiger partial charge in [0, 0.05) is 11.6 Å². The summed E-state index contributed by atoms with van der Waals surface area (Å²) in [6, 6.07) is 3.33. The first-order valence-corrected chi connectivity index (χ1v) is 6.52. The van der Waals surface area contributed by atoms with Crippen LogP contribution in [0.25, 0.3) is 10.7 Å². The zero-order valence-electron chi connectivity index (χ0n) is 9.19. The van der Waals surface area contributed by atoms with E-state index in [0.717, 1.165) is 18.7 Å². The molecule has 0 aromatic carbocycles. The average Bonchev–Trinajstić information content (AvgIpc) is 3.00. The second-order valence-corrected chi connectivity index (χ2v) is 4.92. The van der Waals surface area contributed by atoms with Gasteiger partial charge >= 0.3 is 0 Å². The lowest BCUT2D eigenvalue weighted by atomic mass is 10.2. The van der Waals surface area contributed by atoms with Crippen molar-refractivity contribution in [1.29, 1.82) is 0 Å². The monoisotopic (exact) mass is 249 g/mol. The van der Waals surface area contributed by atoms with Gasteiger partial charge in [0.25, 0.3) is 0 Å². The molecule has 1 N–H and O–H groups in total. The molecule has 1 saturated heterocycles. The third kappa shape index (κ3) is 2.08. The minimum atomic E-state index is -0.312. The number of rotatable bonds is 2. The van der Waals surface area contributed by atoms with Crippen LogP contribution in [0.15, 0.2) is 23.7 Å². The molecule has 2 aromatic heterocycles. The molecule has 2 aromatic rings. The van der Waals surface area contributed by atoms with E-state index in [1.807, 2.05) is 5.38 Å². The number of hydrogen-bond donors (Lipinski definition) is 1. The second-order valence-electron chi connectivity index (χ2n) is 4.06. The van der Waals surface area contributed by atoms with Gasteiger partial charge in [-0.05, 0) is 31.5 Å². The molecule has 0 unspecified atom stereocenters. The molecule has 0 bridgehead atoms. The predicted octanol–water partition coefficient (Wildman–Crippen LogP) is 2.77. The van der Waals surface area contributed by atoms with Crippen LogP contribution >= 0.6 is 11.3 Å². The molecular formula is C12H12FN3S. The first kappa shape index (κ1) is 10.8. The highest BCUT2D eigenvalue weighted by atomic mass is 32.1. The molecule has 88 valence electrons. The number of pyridine rings is 1. The topological polar surface area (TPSA) is 37.8 Å². The zero-order chi connectivity index (χ0) is 11.7. The van der Waals surface area contributed by atoms with Crippen molar-refractivity contribution in [2.75, 3.05) is 6.54 Å². The maximum absolute atomic E-state index is 13.6. The Morgan fingerprint density at radius 3 is 3.18 bits per heavy atom. The second kappa shape index (κ2) is 4.50. The Hall–Kier alpha value is -1.33. The summed E-state index contributed by atoms with van der Waals surface area (Å²) in [5.74, 6) is -0.312. The quantitative estimate of drug-likeness (QED) is 0.889. The van der Waals surface area contributed by atoms with Crippen molar-refractivity contribution in [2.24, 2.45) is 0 Å². The van der Waals surface area contributed by atoms with Crippen molar-refractivity contribution >= 4 is 11.3 Å². The highest BCUT2D eigenvalue weighted by Crippen LogP contribution is 2.29. The third-order valence-corrected chi connectivity index (χ3v) is 3.77. The van der Waals surface area contributed by atoms with Gasteiger partial charge in [0.2, 0.25) is 0 Å². The SMILES string of the molecule is Fc1cccnc1-c1nc([C@@H]2CCCN2)cs1. The van der Waals surface area contributed by atoms with E-state index in [0.29, 0.717) is 16.7 Å². The standard InChI is InChI=1S/C12H12FN3S/c13-8-3-1-6-15-11(8)12-16-10(7-17-12)9-4-2-5-14-9/h1,3,6-7,9,14H,2,4-5H2/t9-/m0/s1. The number of nitrogens with one attached hydrogen (secondary N) is 1. The van der Waals surface area contributed by atoms with Crippen LogP contribution < -0.4 is 5.32 Å². The van der Waals surface area contributed by atoms with Crippen molar-refractivity contribution < 1.29 is 4.39 Å². The van der Waals surface area contributed by atoms with Gasteiger partial charge in [0.15, 0.2) is 5.82 Å². The number of thiazole rings is 1. The van der Waals surface area contributed by atoms with E-state index in [-0.39, 0.29) is 5.82 Å². The molecule has 1 aliphatic rings. The first-order chi connectivity index (χ1) is 8.34. The molecule has 3 heterocycles. The summed E-state index contributed by atoms with van der Waals surface area (Å²) >= 11 is 1.45. The van der Waals surface area contributed by atoms with Crippen LogP contribution in [0.4, 0.5) is 4.39 Å². The fraction of sp³-hybridized carbons (Fsp3) is 0.333. The molecular weight excluding hydrogens is 237 g/mol. The molecule has 1 fully saturated rings. The molecule has 3 nitrogen and oxygen atoms in total. The summed E-state index contributed by atoms with van der Waals surface area (Å²) in [5.41, 5.74) is 1.36. The van der Waals surface area contributed by atoms with E-state index >= 15 is 0 Å². The van der Waals surface area contributed by atoms with Gasteiger partial charge in [-0.1, -0.05) is 0 Å². The van der Waals surface area contributed by atoms with Crippen LogP contribution in [0, 0.1) is 5.82 Å². The number of halogens is 1. The van der Waals surface area contributed by atoms with Crippen molar-refractivity contribution in [3.63, 3.8) is 0 Å². The lowest BCUT2D eigenvalue weighted by molar-refractivity contribution is 0.622. The summed E-state index contributed by atoms with van der Waals surface area (Å²) in [6.07, 6.45) is 3.87. The minimum Gasteiger partial charge on any atom is -0.309 e. The molecule has 1 atom stereocenters. The molecule has 0 saturated carbocycles. The van der Waals surface area contributed by atoms with Crippen LogP contribution in [0.3, 0.4) is 0 Å². The fourth-order valence-electron chi connectivity index (χ4n) is 2.04. The van der Waals surface area contributed by atoms with E-state index in [9.17, 15) is 4.39 Å². The Morgan fingerprint density at radius 1 is 1.47 bits per heavy atom. The molecule has 0 aliphatic carbocycles. The Morgan fingerprint density at radius 2 is 2.41 bits per heavy atom. The normalized spacial score (nSPS) is 19.7. The van der Waals surface area contributed by atoms with Crippen molar-refractivity contribution in [2.45, 2.75) is 18.9 Å².